The van der Waals surface area contributed by atoms with Crippen molar-refractivity contribution in [2.75, 3.05) is 31.3 Å². The SMILES string of the molecule is CC1(C)CN(S(=O)(=O)c2ccc(OCCCl)cc2)CCS1. The second-order valence-corrected chi connectivity index (χ2v) is 9.57. The Balaban J connectivity index is 2.15. The normalized spacial score (nSPS) is 19.4. The molecule has 0 aliphatic carbocycles. The highest BCUT2D eigenvalue weighted by Gasteiger charge is 2.34. The van der Waals surface area contributed by atoms with Gasteiger partial charge in [0.25, 0.3) is 0 Å². The highest BCUT2D eigenvalue weighted by molar-refractivity contribution is 8.00. The van der Waals surface area contributed by atoms with Crippen LogP contribution in [0.5, 0.6) is 5.75 Å². The molecule has 0 aromatic heterocycles. The summed E-state index contributed by atoms with van der Waals surface area (Å²) in [6, 6.07) is 6.52. The molecule has 21 heavy (non-hydrogen) atoms. The summed E-state index contributed by atoms with van der Waals surface area (Å²) in [6.45, 7) is 5.64. The average Bonchev–Trinajstić information content (AvgIpc) is 2.44. The molecule has 1 aliphatic rings. The lowest BCUT2D eigenvalue weighted by Gasteiger charge is -2.36. The van der Waals surface area contributed by atoms with E-state index in [1.807, 2.05) is 11.8 Å². The lowest BCUT2D eigenvalue weighted by atomic mass is 10.2. The molecule has 1 fully saturated rings. The van der Waals surface area contributed by atoms with Crippen LogP contribution in [0.1, 0.15) is 13.8 Å². The van der Waals surface area contributed by atoms with Crippen molar-refractivity contribution in [2.45, 2.75) is 23.5 Å². The Morgan fingerprint density at radius 1 is 1.33 bits per heavy atom. The molecule has 2 rings (SSSR count). The summed E-state index contributed by atoms with van der Waals surface area (Å²) in [5.41, 5.74) is 0. The molecule has 0 spiro atoms. The molecule has 1 aromatic carbocycles. The number of sulfonamides is 1. The minimum absolute atomic E-state index is 0.0469. The van der Waals surface area contributed by atoms with Crippen molar-refractivity contribution in [1.82, 2.24) is 4.31 Å². The van der Waals surface area contributed by atoms with Crippen LogP contribution in [0.25, 0.3) is 0 Å². The fourth-order valence-corrected chi connectivity index (χ4v) is 5.18. The van der Waals surface area contributed by atoms with Gasteiger partial charge in [0, 0.05) is 23.6 Å². The Morgan fingerprint density at radius 2 is 2.00 bits per heavy atom. The van der Waals surface area contributed by atoms with Crippen molar-refractivity contribution in [2.24, 2.45) is 0 Å². The van der Waals surface area contributed by atoms with Gasteiger partial charge in [0.15, 0.2) is 0 Å². The van der Waals surface area contributed by atoms with Crippen LogP contribution in [0.15, 0.2) is 29.2 Å². The van der Waals surface area contributed by atoms with E-state index in [-0.39, 0.29) is 4.75 Å². The minimum atomic E-state index is -3.43. The predicted octanol–water partition coefficient (Wildman–Crippen LogP) is 2.82. The topological polar surface area (TPSA) is 46.6 Å². The molecule has 4 nitrogen and oxygen atoms in total. The number of alkyl halides is 1. The van der Waals surface area contributed by atoms with Gasteiger partial charge in [-0.25, -0.2) is 8.42 Å². The first kappa shape index (κ1) is 16.9. The molecule has 0 amide bonds. The van der Waals surface area contributed by atoms with E-state index in [2.05, 4.69) is 13.8 Å². The monoisotopic (exact) mass is 349 g/mol. The van der Waals surface area contributed by atoms with Crippen molar-refractivity contribution in [3.63, 3.8) is 0 Å². The zero-order valence-corrected chi connectivity index (χ0v) is 14.6. The average molecular weight is 350 g/mol. The number of benzene rings is 1. The van der Waals surface area contributed by atoms with Gasteiger partial charge in [0.05, 0.1) is 10.8 Å². The first-order valence-electron chi connectivity index (χ1n) is 6.78. The molecule has 1 aromatic rings. The molecule has 0 N–H and O–H groups in total. The second kappa shape index (κ2) is 6.77. The number of halogens is 1. The quantitative estimate of drug-likeness (QED) is 0.767. The molecule has 1 saturated heterocycles. The molecule has 0 saturated carbocycles. The van der Waals surface area contributed by atoms with Gasteiger partial charge in [-0.2, -0.15) is 16.1 Å². The molecule has 1 heterocycles. The van der Waals surface area contributed by atoms with Crippen LogP contribution < -0.4 is 4.74 Å². The van der Waals surface area contributed by atoms with Crippen molar-refractivity contribution in [3.8, 4) is 5.75 Å². The molecule has 0 atom stereocenters. The third kappa shape index (κ3) is 4.28. The number of nitrogens with zero attached hydrogens (tertiary/aromatic N) is 1. The molecular formula is C14H20ClNO3S2. The summed E-state index contributed by atoms with van der Waals surface area (Å²) < 4.78 is 32.2. The number of hydrogen-bond donors (Lipinski definition) is 0. The van der Waals surface area contributed by atoms with E-state index in [4.69, 9.17) is 16.3 Å². The van der Waals surface area contributed by atoms with Crippen molar-refractivity contribution in [1.29, 1.82) is 0 Å². The Bertz CT molecular complexity index is 572. The Labute approximate surface area is 135 Å². The van der Waals surface area contributed by atoms with Gasteiger partial charge in [-0.3, -0.25) is 0 Å². The fraction of sp³-hybridized carbons (Fsp3) is 0.571. The van der Waals surface area contributed by atoms with Gasteiger partial charge in [0.1, 0.15) is 12.4 Å². The van der Waals surface area contributed by atoms with Gasteiger partial charge in [-0.15, -0.1) is 11.6 Å². The van der Waals surface area contributed by atoms with Crippen LogP contribution in [-0.4, -0.2) is 48.8 Å². The molecule has 118 valence electrons. The lowest BCUT2D eigenvalue weighted by molar-refractivity contribution is 0.342. The summed E-state index contributed by atoms with van der Waals surface area (Å²) >= 11 is 7.36. The zero-order chi connectivity index (χ0) is 15.5. The molecule has 7 heteroatoms. The summed E-state index contributed by atoms with van der Waals surface area (Å²) in [4.78, 5) is 0.309. The van der Waals surface area contributed by atoms with Crippen molar-refractivity contribution in [3.05, 3.63) is 24.3 Å². The van der Waals surface area contributed by atoms with Crippen LogP contribution in [0.3, 0.4) is 0 Å². The van der Waals surface area contributed by atoms with Gasteiger partial charge < -0.3 is 4.74 Å². The summed E-state index contributed by atoms with van der Waals surface area (Å²) in [7, 11) is -3.43. The van der Waals surface area contributed by atoms with E-state index in [1.165, 1.54) is 0 Å². The predicted molar refractivity (Wildman–Crippen MR) is 88.0 cm³/mol. The lowest BCUT2D eigenvalue weighted by Crippen LogP contribution is -2.46. The summed E-state index contributed by atoms with van der Waals surface area (Å²) in [5, 5.41) is 0. The number of rotatable bonds is 5. The van der Waals surface area contributed by atoms with Crippen LogP contribution in [0.2, 0.25) is 0 Å². The standard InChI is InChI=1S/C14H20ClNO3S2/c1-14(2)11-16(8-10-20-14)21(17,18)13-5-3-12(4-6-13)19-9-7-15/h3-6H,7-11H2,1-2H3. The first-order chi connectivity index (χ1) is 9.85. The smallest absolute Gasteiger partial charge is 0.243 e. The number of thioether (sulfide) groups is 1. The molecular weight excluding hydrogens is 330 g/mol. The van der Waals surface area contributed by atoms with E-state index in [1.54, 1.807) is 28.6 Å². The van der Waals surface area contributed by atoms with E-state index >= 15 is 0 Å². The van der Waals surface area contributed by atoms with Crippen LogP contribution in [-0.2, 0) is 10.0 Å². The van der Waals surface area contributed by atoms with Crippen LogP contribution in [0, 0.1) is 0 Å². The highest BCUT2D eigenvalue weighted by atomic mass is 35.5. The third-order valence-electron chi connectivity index (χ3n) is 3.20. The van der Waals surface area contributed by atoms with Crippen molar-refractivity contribution < 1.29 is 13.2 Å². The van der Waals surface area contributed by atoms with Gasteiger partial charge in [0.2, 0.25) is 10.0 Å². The maximum absolute atomic E-state index is 12.7. The summed E-state index contributed by atoms with van der Waals surface area (Å²) in [6.07, 6.45) is 0. The maximum Gasteiger partial charge on any atom is 0.243 e. The van der Waals surface area contributed by atoms with Gasteiger partial charge >= 0.3 is 0 Å². The van der Waals surface area contributed by atoms with E-state index < -0.39 is 10.0 Å². The summed E-state index contributed by atoms with van der Waals surface area (Å²) in [5.74, 6) is 1.85. The fourth-order valence-electron chi connectivity index (χ4n) is 2.19. The number of ether oxygens (including phenoxy) is 1. The first-order valence-corrected chi connectivity index (χ1v) is 9.74. The number of hydrogen-bond acceptors (Lipinski definition) is 4. The molecule has 1 aliphatic heterocycles. The van der Waals surface area contributed by atoms with Crippen LogP contribution in [0.4, 0.5) is 0 Å². The maximum atomic E-state index is 12.7. The Kier molecular flexibility index (Phi) is 5.46. The van der Waals surface area contributed by atoms with E-state index in [0.717, 1.165) is 5.75 Å². The Hall–Kier alpha value is -0.430. The van der Waals surface area contributed by atoms with E-state index in [0.29, 0.717) is 36.2 Å². The van der Waals surface area contributed by atoms with E-state index in [9.17, 15) is 8.42 Å². The minimum Gasteiger partial charge on any atom is -0.492 e. The van der Waals surface area contributed by atoms with Gasteiger partial charge in [-0.1, -0.05) is 0 Å². The van der Waals surface area contributed by atoms with Crippen molar-refractivity contribution >= 4 is 33.4 Å². The molecule has 0 radical (unpaired) electrons. The third-order valence-corrected chi connectivity index (χ3v) is 6.51. The zero-order valence-electron chi connectivity index (χ0n) is 12.2. The van der Waals surface area contributed by atoms with Gasteiger partial charge in [-0.05, 0) is 38.1 Å². The largest absolute Gasteiger partial charge is 0.492 e. The highest BCUT2D eigenvalue weighted by Crippen LogP contribution is 2.32. The Morgan fingerprint density at radius 3 is 2.57 bits per heavy atom. The van der Waals surface area contributed by atoms with Crippen LogP contribution >= 0.6 is 23.4 Å². The molecule has 0 unspecified atom stereocenters. The molecule has 0 bridgehead atoms. The second-order valence-electron chi connectivity index (χ2n) is 5.46.